The van der Waals surface area contributed by atoms with Crippen LogP contribution in [0, 0.1) is 22.5 Å². The molecule has 8 nitrogen and oxygen atoms in total. The molecule has 1 amide bonds. The highest BCUT2D eigenvalue weighted by molar-refractivity contribution is 7.20. The van der Waals surface area contributed by atoms with Crippen LogP contribution in [0.3, 0.4) is 0 Å². The molecule has 1 aromatic heterocycles. The molecule has 1 N–H and O–H groups in total. The molecule has 0 aliphatic heterocycles. The van der Waals surface area contributed by atoms with Gasteiger partial charge in [0.05, 0.1) is 22.6 Å². The summed E-state index contributed by atoms with van der Waals surface area (Å²) in [6.07, 6.45) is 6.69. The Morgan fingerprint density at radius 1 is 1.27 bits per heavy atom. The summed E-state index contributed by atoms with van der Waals surface area (Å²) in [6.45, 7) is 2.43. The van der Waals surface area contributed by atoms with E-state index >= 15 is 0 Å². The second kappa shape index (κ2) is 9.54. The topological polar surface area (TPSA) is 103 Å². The quantitative estimate of drug-likeness (QED) is 0.255. The predicted molar refractivity (Wildman–Crippen MR) is 115 cm³/mol. The SMILES string of the molecule is C#CCOc1ccc(C=NNC(=O)c2cc3cc([N+](=O)[O-])ccc3s2)cc1OCC. The number of nitrogens with zero attached hydrogens (tertiary/aromatic N) is 2. The van der Waals surface area contributed by atoms with Gasteiger partial charge in [-0.25, -0.2) is 5.43 Å². The van der Waals surface area contributed by atoms with Crippen molar-refractivity contribution in [3.8, 4) is 23.8 Å². The molecular formula is C21H17N3O5S. The molecule has 9 heteroatoms. The Bertz CT molecular complexity index is 1160. The largest absolute Gasteiger partial charge is 0.490 e. The van der Waals surface area contributed by atoms with Crippen LogP contribution < -0.4 is 14.9 Å². The van der Waals surface area contributed by atoms with Crippen molar-refractivity contribution in [1.82, 2.24) is 5.43 Å². The van der Waals surface area contributed by atoms with Gasteiger partial charge in [-0.1, -0.05) is 5.92 Å². The molecule has 0 fully saturated rings. The van der Waals surface area contributed by atoms with Crippen molar-refractivity contribution in [2.45, 2.75) is 6.92 Å². The van der Waals surface area contributed by atoms with E-state index in [0.29, 0.717) is 33.9 Å². The van der Waals surface area contributed by atoms with Gasteiger partial charge in [0.15, 0.2) is 11.5 Å². The third kappa shape index (κ3) is 4.92. The Morgan fingerprint density at radius 3 is 2.83 bits per heavy atom. The molecule has 0 saturated heterocycles. The van der Waals surface area contributed by atoms with Crippen molar-refractivity contribution in [2.75, 3.05) is 13.2 Å². The number of hydrogen-bond acceptors (Lipinski definition) is 7. The van der Waals surface area contributed by atoms with Gasteiger partial charge in [0, 0.05) is 22.2 Å². The maximum absolute atomic E-state index is 12.4. The van der Waals surface area contributed by atoms with Gasteiger partial charge in [-0.15, -0.1) is 17.8 Å². The number of benzene rings is 2. The number of nitrogens with one attached hydrogen (secondary N) is 1. The standard InChI is InChI=1S/C21H17N3O5S/c1-3-9-29-17-7-5-14(10-18(17)28-4-2)13-22-23-21(25)20-12-15-11-16(24(26)27)6-8-19(15)30-20/h1,5-8,10-13H,4,9H2,2H3,(H,23,25). The molecule has 1 heterocycles. The highest BCUT2D eigenvalue weighted by atomic mass is 32.1. The van der Waals surface area contributed by atoms with Gasteiger partial charge in [-0.2, -0.15) is 5.10 Å². The third-order valence-corrected chi connectivity index (χ3v) is 5.01. The summed E-state index contributed by atoms with van der Waals surface area (Å²) >= 11 is 1.23. The first-order valence-electron chi connectivity index (χ1n) is 8.86. The number of terminal acetylenes is 1. The highest BCUT2D eigenvalue weighted by Crippen LogP contribution is 2.29. The number of rotatable bonds is 8. The number of carbonyl (C=O) groups is 1. The van der Waals surface area contributed by atoms with E-state index in [2.05, 4.69) is 16.4 Å². The lowest BCUT2D eigenvalue weighted by atomic mass is 10.2. The molecule has 0 atom stereocenters. The predicted octanol–water partition coefficient (Wildman–Crippen LogP) is 3.98. The minimum Gasteiger partial charge on any atom is -0.490 e. The lowest BCUT2D eigenvalue weighted by molar-refractivity contribution is -0.384. The number of hydrogen-bond donors (Lipinski definition) is 1. The van der Waals surface area contributed by atoms with E-state index in [9.17, 15) is 14.9 Å². The van der Waals surface area contributed by atoms with E-state index in [1.165, 1.54) is 29.7 Å². The number of nitro groups is 1. The Morgan fingerprint density at radius 2 is 2.10 bits per heavy atom. The molecule has 2 aromatic carbocycles. The fourth-order valence-electron chi connectivity index (χ4n) is 2.59. The summed E-state index contributed by atoms with van der Waals surface area (Å²) in [6, 6.07) is 11.3. The summed E-state index contributed by atoms with van der Waals surface area (Å²) in [5, 5.41) is 15.5. The number of amides is 1. The molecule has 0 unspecified atom stereocenters. The number of carbonyl (C=O) groups excluding carboxylic acids is 1. The molecule has 3 rings (SSSR count). The van der Waals surface area contributed by atoms with Crippen LogP contribution in [0.25, 0.3) is 10.1 Å². The summed E-state index contributed by atoms with van der Waals surface area (Å²) in [7, 11) is 0. The van der Waals surface area contributed by atoms with Crippen molar-refractivity contribution in [2.24, 2.45) is 5.10 Å². The van der Waals surface area contributed by atoms with Crippen LogP contribution in [0.4, 0.5) is 5.69 Å². The summed E-state index contributed by atoms with van der Waals surface area (Å²) in [5.74, 6) is 3.03. The lowest BCUT2D eigenvalue weighted by Gasteiger charge is -2.10. The van der Waals surface area contributed by atoms with Crippen molar-refractivity contribution in [3.05, 3.63) is 63.0 Å². The first-order chi connectivity index (χ1) is 14.5. The monoisotopic (exact) mass is 423 g/mol. The molecular weight excluding hydrogens is 406 g/mol. The van der Waals surface area contributed by atoms with Gasteiger partial charge in [0.1, 0.15) is 6.61 Å². The second-order valence-electron chi connectivity index (χ2n) is 5.92. The van der Waals surface area contributed by atoms with Crippen LogP contribution in [-0.2, 0) is 0 Å². The zero-order valence-electron chi connectivity index (χ0n) is 16.0. The number of hydrazone groups is 1. The van der Waals surface area contributed by atoms with E-state index < -0.39 is 10.8 Å². The van der Waals surface area contributed by atoms with E-state index in [0.717, 1.165) is 4.70 Å². The average molecular weight is 423 g/mol. The van der Waals surface area contributed by atoms with Gasteiger partial charge in [-0.3, -0.25) is 14.9 Å². The fraction of sp³-hybridized carbons (Fsp3) is 0.143. The van der Waals surface area contributed by atoms with Gasteiger partial charge < -0.3 is 9.47 Å². The Kier molecular flexibility index (Phi) is 6.62. The van der Waals surface area contributed by atoms with Gasteiger partial charge in [0.25, 0.3) is 11.6 Å². The summed E-state index contributed by atoms with van der Waals surface area (Å²) < 4.78 is 11.7. The average Bonchev–Trinajstić information content (AvgIpc) is 3.17. The van der Waals surface area contributed by atoms with Gasteiger partial charge in [-0.05, 0) is 42.8 Å². The number of ether oxygens (including phenoxy) is 2. The second-order valence-corrected chi connectivity index (χ2v) is 7.00. The Labute approximate surface area is 176 Å². The first kappa shape index (κ1) is 20.8. The molecule has 30 heavy (non-hydrogen) atoms. The zero-order chi connectivity index (χ0) is 21.5. The van der Waals surface area contributed by atoms with Crippen molar-refractivity contribution in [3.63, 3.8) is 0 Å². The minimum atomic E-state index is -0.472. The van der Waals surface area contributed by atoms with Crippen LogP contribution in [-0.4, -0.2) is 30.3 Å². The molecule has 0 aliphatic rings. The minimum absolute atomic E-state index is 0.0231. The van der Waals surface area contributed by atoms with Crippen molar-refractivity contribution in [1.29, 1.82) is 0 Å². The number of thiophene rings is 1. The van der Waals surface area contributed by atoms with Crippen LogP contribution >= 0.6 is 11.3 Å². The first-order valence-corrected chi connectivity index (χ1v) is 9.68. The lowest BCUT2D eigenvalue weighted by Crippen LogP contribution is -2.16. The summed E-state index contributed by atoms with van der Waals surface area (Å²) in [5.41, 5.74) is 3.12. The van der Waals surface area contributed by atoms with Gasteiger partial charge >= 0.3 is 0 Å². The molecule has 0 bridgehead atoms. The van der Waals surface area contributed by atoms with Crippen LogP contribution in [0.1, 0.15) is 22.2 Å². The number of non-ortho nitro benzene ring substituents is 1. The van der Waals surface area contributed by atoms with E-state index in [1.54, 1.807) is 30.3 Å². The fourth-order valence-corrected chi connectivity index (χ4v) is 3.52. The summed E-state index contributed by atoms with van der Waals surface area (Å²) in [4.78, 5) is 23.2. The maximum atomic E-state index is 12.4. The third-order valence-electron chi connectivity index (χ3n) is 3.89. The highest BCUT2D eigenvalue weighted by Gasteiger charge is 2.13. The number of nitro benzene ring substituents is 1. The Balaban J connectivity index is 1.70. The van der Waals surface area contributed by atoms with Crippen molar-refractivity contribution < 1.29 is 19.2 Å². The molecule has 3 aromatic rings. The van der Waals surface area contributed by atoms with Crippen LogP contribution in [0.5, 0.6) is 11.5 Å². The van der Waals surface area contributed by atoms with Crippen LogP contribution in [0.15, 0.2) is 47.6 Å². The normalized spacial score (nSPS) is 10.7. The zero-order valence-corrected chi connectivity index (χ0v) is 16.8. The Hall–Kier alpha value is -3.90. The maximum Gasteiger partial charge on any atom is 0.281 e. The van der Waals surface area contributed by atoms with Crippen LogP contribution in [0.2, 0.25) is 0 Å². The molecule has 0 saturated carbocycles. The molecule has 0 aliphatic carbocycles. The van der Waals surface area contributed by atoms with E-state index in [1.807, 2.05) is 6.92 Å². The molecule has 152 valence electrons. The van der Waals surface area contributed by atoms with Crippen molar-refractivity contribution >= 4 is 39.2 Å². The molecule has 0 spiro atoms. The van der Waals surface area contributed by atoms with E-state index in [-0.39, 0.29) is 12.3 Å². The molecule has 0 radical (unpaired) electrons. The van der Waals surface area contributed by atoms with E-state index in [4.69, 9.17) is 15.9 Å². The smallest absolute Gasteiger partial charge is 0.281 e. The van der Waals surface area contributed by atoms with Gasteiger partial charge in [0.2, 0.25) is 0 Å². The number of fused-ring (bicyclic) bond motifs is 1.